The van der Waals surface area contributed by atoms with E-state index < -0.39 is 6.10 Å². The summed E-state index contributed by atoms with van der Waals surface area (Å²) in [6.45, 7) is 8.35. The molecule has 0 unspecified atom stereocenters. The molecule has 1 aromatic heterocycles. The number of nitrogens with zero attached hydrogens (tertiary/aromatic N) is 1. The van der Waals surface area contributed by atoms with Gasteiger partial charge in [-0.15, -0.1) is 0 Å². The zero-order chi connectivity index (χ0) is 15.5. The minimum atomic E-state index is -0.605. The zero-order valence-electron chi connectivity index (χ0n) is 13.1. The summed E-state index contributed by atoms with van der Waals surface area (Å²) in [4.78, 5) is 4.20. The second kappa shape index (κ2) is 6.27. The van der Waals surface area contributed by atoms with E-state index in [-0.39, 0.29) is 5.41 Å². The highest BCUT2D eigenvalue weighted by Crippen LogP contribution is 2.31. The monoisotopic (exact) mass is 285 g/mol. The highest BCUT2D eigenvalue weighted by molar-refractivity contribution is 5.36. The second-order valence-electron chi connectivity index (χ2n) is 5.94. The second-order valence-corrected chi connectivity index (χ2v) is 5.94. The molecule has 0 saturated carbocycles. The van der Waals surface area contributed by atoms with Gasteiger partial charge in [0, 0.05) is 11.8 Å². The number of ether oxygens (including phenoxy) is 1. The molecule has 2 aromatic rings. The molecule has 0 aliphatic carbocycles. The molecule has 3 heteroatoms. The number of benzene rings is 1. The maximum Gasteiger partial charge on any atom is 0.225 e. The summed E-state index contributed by atoms with van der Waals surface area (Å²) < 4.78 is 5.80. The molecule has 0 amide bonds. The minimum Gasteiger partial charge on any atom is -0.439 e. The molecule has 0 radical (unpaired) electrons. The van der Waals surface area contributed by atoms with Gasteiger partial charge in [-0.2, -0.15) is 0 Å². The number of rotatable bonds is 5. The number of hydrogen-bond acceptors (Lipinski definition) is 3. The van der Waals surface area contributed by atoms with Crippen molar-refractivity contribution < 1.29 is 9.84 Å². The van der Waals surface area contributed by atoms with Crippen molar-refractivity contribution in [3.05, 3.63) is 53.7 Å². The van der Waals surface area contributed by atoms with E-state index in [1.54, 1.807) is 19.2 Å². The van der Waals surface area contributed by atoms with Gasteiger partial charge in [0.05, 0.1) is 6.10 Å². The Morgan fingerprint density at radius 2 is 1.86 bits per heavy atom. The van der Waals surface area contributed by atoms with Crippen molar-refractivity contribution >= 4 is 0 Å². The highest BCUT2D eigenvalue weighted by atomic mass is 16.5. The van der Waals surface area contributed by atoms with Crippen LogP contribution in [0, 0.1) is 0 Å². The van der Waals surface area contributed by atoms with Gasteiger partial charge in [-0.05, 0) is 48.6 Å². The third-order valence-electron chi connectivity index (χ3n) is 3.98. The van der Waals surface area contributed by atoms with Gasteiger partial charge in [-0.25, -0.2) is 4.98 Å². The largest absolute Gasteiger partial charge is 0.439 e. The molecule has 21 heavy (non-hydrogen) atoms. The Kier molecular flexibility index (Phi) is 4.63. The van der Waals surface area contributed by atoms with Crippen LogP contribution in [0.2, 0.25) is 0 Å². The van der Waals surface area contributed by atoms with Crippen molar-refractivity contribution in [3.8, 4) is 11.6 Å². The molecule has 112 valence electrons. The molecule has 1 atom stereocenters. The Hall–Kier alpha value is -1.87. The van der Waals surface area contributed by atoms with Gasteiger partial charge in [0.25, 0.3) is 0 Å². The molecule has 0 spiro atoms. The summed E-state index contributed by atoms with van der Waals surface area (Å²) in [5, 5.41) is 9.75. The fraction of sp³-hybridized carbons (Fsp3) is 0.389. The summed E-state index contributed by atoms with van der Waals surface area (Å²) in [6.07, 6.45) is 2.14. The number of aromatic nitrogens is 1. The van der Waals surface area contributed by atoms with E-state index in [0.29, 0.717) is 11.4 Å². The van der Waals surface area contributed by atoms with Crippen LogP contribution in [0.15, 0.2) is 42.6 Å². The first-order valence-electron chi connectivity index (χ1n) is 7.35. The predicted molar refractivity (Wildman–Crippen MR) is 84.7 cm³/mol. The van der Waals surface area contributed by atoms with E-state index in [4.69, 9.17) is 4.74 Å². The zero-order valence-corrected chi connectivity index (χ0v) is 13.1. The maximum absolute atomic E-state index is 9.75. The number of aliphatic hydroxyl groups is 1. The Balaban J connectivity index is 2.22. The fourth-order valence-electron chi connectivity index (χ4n) is 2.10. The molecule has 0 aliphatic rings. The SMILES string of the molecule is CCC(C)(C)c1ccc(Oc2ncccc2[C@@H](C)O)cc1. The fourth-order valence-corrected chi connectivity index (χ4v) is 2.10. The van der Waals surface area contributed by atoms with E-state index in [0.717, 1.165) is 12.2 Å². The normalized spacial score (nSPS) is 13.0. The Labute approximate surface area is 126 Å². The van der Waals surface area contributed by atoms with Crippen LogP contribution < -0.4 is 4.74 Å². The van der Waals surface area contributed by atoms with Crippen LogP contribution in [-0.2, 0) is 5.41 Å². The average Bonchev–Trinajstić information content (AvgIpc) is 2.48. The average molecular weight is 285 g/mol. The molecule has 1 aromatic carbocycles. The highest BCUT2D eigenvalue weighted by Gasteiger charge is 2.18. The first-order valence-corrected chi connectivity index (χ1v) is 7.35. The molecule has 0 bridgehead atoms. The number of pyridine rings is 1. The lowest BCUT2D eigenvalue weighted by atomic mass is 9.82. The molecule has 1 N–H and O–H groups in total. The van der Waals surface area contributed by atoms with E-state index in [2.05, 4.69) is 37.9 Å². The Bertz CT molecular complexity index is 588. The minimum absolute atomic E-state index is 0.161. The lowest BCUT2D eigenvalue weighted by molar-refractivity contribution is 0.194. The van der Waals surface area contributed by atoms with Crippen LogP contribution in [0.5, 0.6) is 11.6 Å². The summed E-state index contributed by atoms with van der Waals surface area (Å²) in [5.41, 5.74) is 2.14. The van der Waals surface area contributed by atoms with Crippen LogP contribution >= 0.6 is 0 Å². The lowest BCUT2D eigenvalue weighted by Gasteiger charge is -2.23. The van der Waals surface area contributed by atoms with Crippen molar-refractivity contribution in [2.24, 2.45) is 0 Å². The quantitative estimate of drug-likeness (QED) is 0.872. The summed E-state index contributed by atoms with van der Waals surface area (Å²) in [7, 11) is 0. The van der Waals surface area contributed by atoms with Crippen LogP contribution in [0.25, 0.3) is 0 Å². The van der Waals surface area contributed by atoms with Gasteiger partial charge in [-0.3, -0.25) is 0 Å². The maximum atomic E-state index is 9.75. The number of aliphatic hydroxyl groups excluding tert-OH is 1. The molecule has 1 heterocycles. The van der Waals surface area contributed by atoms with Crippen molar-refractivity contribution in [3.63, 3.8) is 0 Å². The van der Waals surface area contributed by atoms with E-state index in [9.17, 15) is 5.11 Å². The molecular formula is C18H23NO2. The van der Waals surface area contributed by atoms with Gasteiger partial charge >= 0.3 is 0 Å². The van der Waals surface area contributed by atoms with Crippen LogP contribution in [0.4, 0.5) is 0 Å². The molecule has 3 nitrogen and oxygen atoms in total. The summed E-state index contributed by atoms with van der Waals surface area (Å²) >= 11 is 0. The van der Waals surface area contributed by atoms with Crippen LogP contribution in [-0.4, -0.2) is 10.1 Å². The van der Waals surface area contributed by atoms with Crippen molar-refractivity contribution in [1.29, 1.82) is 0 Å². The van der Waals surface area contributed by atoms with Crippen molar-refractivity contribution in [2.75, 3.05) is 0 Å². The van der Waals surface area contributed by atoms with Gasteiger partial charge in [-0.1, -0.05) is 32.9 Å². The first kappa shape index (κ1) is 15.5. The smallest absolute Gasteiger partial charge is 0.225 e. The van der Waals surface area contributed by atoms with Crippen LogP contribution in [0.1, 0.15) is 51.3 Å². The first-order chi connectivity index (χ1) is 9.94. The lowest BCUT2D eigenvalue weighted by Crippen LogP contribution is -2.14. The predicted octanol–water partition coefficient (Wildman–Crippen LogP) is 4.61. The van der Waals surface area contributed by atoms with Gasteiger partial charge in [0.15, 0.2) is 0 Å². The van der Waals surface area contributed by atoms with Gasteiger partial charge < -0.3 is 9.84 Å². The van der Waals surface area contributed by atoms with Crippen molar-refractivity contribution in [1.82, 2.24) is 4.98 Å². The van der Waals surface area contributed by atoms with E-state index >= 15 is 0 Å². The van der Waals surface area contributed by atoms with Gasteiger partial charge in [0.2, 0.25) is 5.88 Å². The Morgan fingerprint density at radius 1 is 1.19 bits per heavy atom. The standard InChI is InChI=1S/C18H23NO2/c1-5-18(3,4)14-8-10-15(11-9-14)21-17-16(13(2)20)7-6-12-19-17/h6-13,20H,5H2,1-4H3/t13-/m1/s1. The molecule has 0 saturated heterocycles. The summed E-state index contributed by atoms with van der Waals surface area (Å²) in [6, 6.07) is 11.7. The molecule has 2 rings (SSSR count). The topological polar surface area (TPSA) is 42.4 Å². The van der Waals surface area contributed by atoms with Gasteiger partial charge in [0.1, 0.15) is 5.75 Å². The third kappa shape index (κ3) is 3.61. The van der Waals surface area contributed by atoms with Crippen molar-refractivity contribution in [2.45, 2.75) is 45.6 Å². The third-order valence-corrected chi connectivity index (χ3v) is 3.98. The van der Waals surface area contributed by atoms with E-state index in [1.807, 2.05) is 18.2 Å². The molecule has 0 fully saturated rings. The molecule has 0 aliphatic heterocycles. The summed E-state index contributed by atoms with van der Waals surface area (Å²) in [5.74, 6) is 1.18. The van der Waals surface area contributed by atoms with Crippen LogP contribution in [0.3, 0.4) is 0 Å². The molecular weight excluding hydrogens is 262 g/mol. The Morgan fingerprint density at radius 3 is 2.43 bits per heavy atom. The van der Waals surface area contributed by atoms with E-state index in [1.165, 1.54) is 5.56 Å². The number of hydrogen-bond donors (Lipinski definition) is 1.